The molecule has 0 spiro atoms. The lowest BCUT2D eigenvalue weighted by atomic mass is 10.1. The lowest BCUT2D eigenvalue weighted by Gasteiger charge is -2.07. The topological polar surface area (TPSA) is 85.5 Å². The number of carbonyl (C=O) groups excluding carboxylic acids is 2. The number of nitrogens with zero attached hydrogens (tertiary/aromatic N) is 2. The van der Waals surface area contributed by atoms with Gasteiger partial charge in [-0.15, -0.1) is 0 Å². The third kappa shape index (κ3) is 3.67. The third-order valence-corrected chi connectivity index (χ3v) is 4.26. The number of nitrogens with two attached hydrogens (primary N) is 1. The van der Waals surface area contributed by atoms with Crippen molar-refractivity contribution in [2.75, 3.05) is 20.7 Å². The van der Waals surface area contributed by atoms with E-state index in [0.29, 0.717) is 11.4 Å². The van der Waals surface area contributed by atoms with E-state index in [1.54, 1.807) is 18.0 Å². The first-order valence-corrected chi connectivity index (χ1v) is 8.21. The molecule has 2 amide bonds. The number of rotatable bonds is 3. The fraction of sp³-hybridized carbons (Fsp3) is 0.250. The molecule has 1 saturated heterocycles. The van der Waals surface area contributed by atoms with Crippen LogP contribution in [0.3, 0.4) is 0 Å². The van der Waals surface area contributed by atoms with Crippen molar-refractivity contribution in [1.82, 2.24) is 9.88 Å². The zero-order valence-corrected chi connectivity index (χ0v) is 14.7. The van der Waals surface area contributed by atoms with Crippen molar-refractivity contribution < 1.29 is 14.3 Å². The van der Waals surface area contributed by atoms with Gasteiger partial charge in [0.05, 0.1) is 12.8 Å². The molecular weight excluding hydrogens is 330 g/mol. The van der Waals surface area contributed by atoms with E-state index in [2.05, 4.69) is 16.8 Å². The molecule has 1 aliphatic rings. The molecular formula is C20H19N3O3. The number of hydrogen-bond acceptors (Lipinski definition) is 4. The summed E-state index contributed by atoms with van der Waals surface area (Å²) < 4.78 is 5.22. The molecule has 1 unspecified atom stereocenters. The molecule has 1 aromatic carbocycles. The van der Waals surface area contributed by atoms with Crippen LogP contribution in [0.15, 0.2) is 36.4 Å². The molecule has 1 atom stereocenters. The van der Waals surface area contributed by atoms with Crippen molar-refractivity contribution in [3.8, 4) is 28.8 Å². The second-order valence-electron chi connectivity index (χ2n) is 6.09. The summed E-state index contributed by atoms with van der Waals surface area (Å²) in [7, 11) is 3.30. The molecule has 6 nitrogen and oxygen atoms in total. The summed E-state index contributed by atoms with van der Waals surface area (Å²) in [5, 5.41) is 0. The van der Waals surface area contributed by atoms with Crippen LogP contribution in [0.25, 0.3) is 11.3 Å². The van der Waals surface area contributed by atoms with E-state index in [4.69, 9.17) is 10.5 Å². The number of hydrogen-bond donors (Lipinski definition) is 1. The lowest BCUT2D eigenvalue weighted by Crippen LogP contribution is -2.21. The summed E-state index contributed by atoms with van der Waals surface area (Å²) in [4.78, 5) is 29.4. The van der Waals surface area contributed by atoms with Crippen molar-refractivity contribution >= 4 is 11.8 Å². The Kier molecular flexibility index (Phi) is 4.90. The van der Waals surface area contributed by atoms with Gasteiger partial charge in [0.25, 0.3) is 5.91 Å². The minimum atomic E-state index is -0.620. The van der Waals surface area contributed by atoms with Gasteiger partial charge < -0.3 is 15.4 Å². The fourth-order valence-corrected chi connectivity index (χ4v) is 2.78. The van der Waals surface area contributed by atoms with Crippen LogP contribution >= 0.6 is 0 Å². The number of aromatic nitrogens is 1. The van der Waals surface area contributed by atoms with Gasteiger partial charge in [0.15, 0.2) is 0 Å². The van der Waals surface area contributed by atoms with E-state index in [1.165, 1.54) is 13.2 Å². The zero-order valence-electron chi connectivity index (χ0n) is 14.7. The largest absolute Gasteiger partial charge is 0.497 e. The molecule has 1 aromatic heterocycles. The number of ether oxygens (including phenoxy) is 1. The zero-order chi connectivity index (χ0) is 18.7. The van der Waals surface area contributed by atoms with E-state index >= 15 is 0 Å². The second kappa shape index (κ2) is 7.28. The summed E-state index contributed by atoms with van der Waals surface area (Å²) in [6.45, 7) is 0.738. The van der Waals surface area contributed by atoms with Gasteiger partial charge in [0.1, 0.15) is 17.4 Å². The number of methoxy groups -OCH3 is 1. The smallest absolute Gasteiger partial charge is 0.267 e. The first-order valence-electron chi connectivity index (χ1n) is 8.21. The van der Waals surface area contributed by atoms with Gasteiger partial charge >= 0.3 is 0 Å². The molecule has 0 bridgehead atoms. The Labute approximate surface area is 152 Å². The van der Waals surface area contributed by atoms with Crippen molar-refractivity contribution in [3.63, 3.8) is 0 Å². The Morgan fingerprint density at radius 1 is 1.35 bits per heavy atom. The van der Waals surface area contributed by atoms with Crippen molar-refractivity contribution in [1.29, 1.82) is 0 Å². The Morgan fingerprint density at radius 3 is 2.81 bits per heavy atom. The lowest BCUT2D eigenvalue weighted by molar-refractivity contribution is -0.128. The highest BCUT2D eigenvalue weighted by Gasteiger charge is 2.27. The molecule has 132 valence electrons. The Bertz CT molecular complexity index is 927. The molecule has 0 saturated carbocycles. The molecule has 0 aliphatic carbocycles. The van der Waals surface area contributed by atoms with Gasteiger partial charge in [0.2, 0.25) is 5.91 Å². The summed E-state index contributed by atoms with van der Waals surface area (Å²) in [5.74, 6) is 5.81. The van der Waals surface area contributed by atoms with Crippen LogP contribution in [-0.2, 0) is 4.79 Å². The number of amides is 2. The summed E-state index contributed by atoms with van der Waals surface area (Å²) >= 11 is 0. The normalized spacial score (nSPS) is 16.2. The molecule has 6 heteroatoms. The molecule has 2 heterocycles. The quantitative estimate of drug-likeness (QED) is 0.855. The monoisotopic (exact) mass is 349 g/mol. The van der Waals surface area contributed by atoms with E-state index in [0.717, 1.165) is 24.1 Å². The van der Waals surface area contributed by atoms with Gasteiger partial charge in [-0.25, -0.2) is 4.98 Å². The molecule has 1 aliphatic heterocycles. The van der Waals surface area contributed by atoms with Crippen molar-refractivity contribution in [2.45, 2.75) is 6.42 Å². The number of pyridine rings is 1. The van der Waals surface area contributed by atoms with Crippen molar-refractivity contribution in [3.05, 3.63) is 47.7 Å². The van der Waals surface area contributed by atoms with Gasteiger partial charge in [-0.2, -0.15) is 0 Å². The van der Waals surface area contributed by atoms with Gasteiger partial charge in [-0.3, -0.25) is 9.59 Å². The predicted octanol–water partition coefficient (Wildman–Crippen LogP) is 1.69. The van der Waals surface area contributed by atoms with Gasteiger partial charge in [-0.1, -0.05) is 24.0 Å². The van der Waals surface area contributed by atoms with Crippen LogP contribution in [0.2, 0.25) is 0 Å². The standard InChI is InChI=1S/C20H19N3O3/c1-23-9-8-14(20(23)25)7-6-13-4-3-5-15(10-13)17-11-16(26-2)12-18(22-17)19(21)24/h3-5,10-12,14H,8-9H2,1-2H3,(H2,21,24). The molecule has 3 rings (SSSR count). The van der Waals surface area contributed by atoms with E-state index in [-0.39, 0.29) is 17.5 Å². The van der Waals surface area contributed by atoms with E-state index < -0.39 is 5.91 Å². The molecule has 0 radical (unpaired) electrons. The van der Waals surface area contributed by atoms with Crippen LogP contribution < -0.4 is 10.5 Å². The van der Waals surface area contributed by atoms with Crippen LogP contribution in [0.1, 0.15) is 22.5 Å². The molecule has 2 aromatic rings. The highest BCUT2D eigenvalue weighted by atomic mass is 16.5. The van der Waals surface area contributed by atoms with Gasteiger partial charge in [-0.05, 0) is 18.6 Å². The molecule has 2 N–H and O–H groups in total. The average molecular weight is 349 g/mol. The second-order valence-corrected chi connectivity index (χ2v) is 6.09. The molecule has 1 fully saturated rings. The van der Waals surface area contributed by atoms with Crippen LogP contribution in [0, 0.1) is 17.8 Å². The minimum Gasteiger partial charge on any atom is -0.497 e. The van der Waals surface area contributed by atoms with Gasteiger partial charge in [0, 0.05) is 36.9 Å². The average Bonchev–Trinajstić information content (AvgIpc) is 2.98. The van der Waals surface area contributed by atoms with E-state index in [1.807, 2.05) is 24.3 Å². The summed E-state index contributed by atoms with van der Waals surface area (Å²) in [5.41, 5.74) is 7.60. The molecule has 26 heavy (non-hydrogen) atoms. The maximum absolute atomic E-state index is 11.9. The first kappa shape index (κ1) is 17.5. The number of likely N-dealkylation sites (tertiary alicyclic amines) is 1. The first-order chi connectivity index (χ1) is 12.5. The summed E-state index contributed by atoms with van der Waals surface area (Å²) in [6.07, 6.45) is 0.751. The maximum Gasteiger partial charge on any atom is 0.267 e. The SMILES string of the molecule is COc1cc(C(N)=O)nc(-c2cccc(C#CC3CCN(C)C3=O)c2)c1. The Hall–Kier alpha value is -3.33. The Balaban J connectivity index is 1.92. The van der Waals surface area contributed by atoms with Crippen LogP contribution in [0.5, 0.6) is 5.75 Å². The Morgan fingerprint density at radius 2 is 2.15 bits per heavy atom. The highest BCUT2D eigenvalue weighted by Crippen LogP contribution is 2.24. The van der Waals surface area contributed by atoms with Crippen LogP contribution in [-0.4, -0.2) is 42.4 Å². The predicted molar refractivity (Wildman–Crippen MR) is 97.4 cm³/mol. The number of benzene rings is 1. The minimum absolute atomic E-state index is 0.0641. The maximum atomic E-state index is 11.9. The summed E-state index contributed by atoms with van der Waals surface area (Å²) in [6, 6.07) is 10.7. The fourth-order valence-electron chi connectivity index (χ4n) is 2.78. The highest BCUT2D eigenvalue weighted by molar-refractivity contribution is 5.92. The number of primary amides is 1. The van der Waals surface area contributed by atoms with Crippen LogP contribution in [0.4, 0.5) is 0 Å². The number of carbonyl (C=O) groups is 2. The third-order valence-electron chi connectivity index (χ3n) is 4.26. The van der Waals surface area contributed by atoms with E-state index in [9.17, 15) is 9.59 Å². The van der Waals surface area contributed by atoms with Crippen molar-refractivity contribution in [2.24, 2.45) is 11.7 Å².